The van der Waals surface area contributed by atoms with Crippen LogP contribution >= 0.6 is 34.3 Å². The number of hydrogen-bond donors (Lipinski definition) is 4. The number of benzene rings is 2. The number of carbonyl (C=O) groups excluding carboxylic acids is 4. The standard InChI is InChI=1S/C49H59ClFN9O8S2/c1-27-29(3)70-48-39(27)41(32-12-14-34(50)15-13-32)55-35(45-58-57-30(4)60(45)48)22-37(62)52-16-17-66-18-19-67-20-21-68-25-38(63)56-44(49(5,6)7)47(65)59-24-36(61)40(51)42(59)46(64)53-23-31-8-10-33(11-9-31)43-28(2)54-26-69-43/h8-15,26,35-36,40,42,44,61H,16-25H2,1-7H3,(H,52,62)(H,53,64)(H,56,63). The number of alkyl halides is 1. The zero-order chi connectivity index (χ0) is 50.3. The third-order valence-electron chi connectivity index (χ3n) is 12.1. The first-order valence-electron chi connectivity index (χ1n) is 23.0. The Kier molecular flexibility index (Phi) is 17.3. The fourth-order valence-electron chi connectivity index (χ4n) is 8.22. The van der Waals surface area contributed by atoms with Crippen LogP contribution in [-0.4, -0.2) is 136 Å². The molecule has 5 heterocycles. The van der Waals surface area contributed by atoms with Gasteiger partial charge in [0.15, 0.2) is 12.0 Å². The van der Waals surface area contributed by atoms with Gasteiger partial charge in [-0.05, 0) is 61.9 Å². The van der Waals surface area contributed by atoms with Crippen molar-refractivity contribution in [2.45, 2.75) is 91.8 Å². The lowest BCUT2D eigenvalue weighted by atomic mass is 9.85. The molecule has 2 aromatic carbocycles. The second kappa shape index (κ2) is 23.2. The average Bonchev–Trinajstić information content (AvgIpc) is 4.06. The van der Waals surface area contributed by atoms with E-state index in [2.05, 4.69) is 45.0 Å². The molecule has 0 spiro atoms. The summed E-state index contributed by atoms with van der Waals surface area (Å²) in [6.07, 6.45) is -3.56. The molecule has 2 aliphatic rings. The topological polar surface area (TPSA) is 211 Å². The molecule has 1 saturated heterocycles. The molecule has 5 unspecified atom stereocenters. The van der Waals surface area contributed by atoms with Crippen LogP contribution < -0.4 is 16.0 Å². The summed E-state index contributed by atoms with van der Waals surface area (Å²) >= 11 is 9.39. The fourth-order valence-corrected chi connectivity index (χ4v) is 10.4. The van der Waals surface area contributed by atoms with Crippen molar-refractivity contribution in [3.63, 3.8) is 0 Å². The summed E-state index contributed by atoms with van der Waals surface area (Å²) in [5, 5.41) is 29.2. The number of β-amino-alcohol motifs (C(OH)–C–C–N with tert-alkyl or cyclic N) is 1. The minimum atomic E-state index is -2.03. The van der Waals surface area contributed by atoms with Crippen LogP contribution in [0.1, 0.15) is 77.7 Å². The smallest absolute Gasteiger partial charge is 0.246 e. The molecule has 0 saturated carbocycles. The molecule has 5 aromatic rings. The van der Waals surface area contributed by atoms with Crippen molar-refractivity contribution in [2.75, 3.05) is 52.7 Å². The van der Waals surface area contributed by atoms with E-state index in [0.29, 0.717) is 16.7 Å². The summed E-state index contributed by atoms with van der Waals surface area (Å²) in [7, 11) is 0. The molecule has 4 N–H and O–H groups in total. The van der Waals surface area contributed by atoms with Gasteiger partial charge in [-0.2, -0.15) is 0 Å². The maximum absolute atomic E-state index is 15.4. The molecule has 70 heavy (non-hydrogen) atoms. The molecule has 3 aromatic heterocycles. The number of nitrogens with zero attached hydrogens (tertiary/aromatic N) is 6. The van der Waals surface area contributed by atoms with Crippen LogP contribution in [0, 0.1) is 33.1 Å². The van der Waals surface area contributed by atoms with Crippen molar-refractivity contribution < 1.29 is 42.9 Å². The van der Waals surface area contributed by atoms with Crippen LogP contribution in [0.4, 0.5) is 4.39 Å². The molecule has 21 heteroatoms. The summed E-state index contributed by atoms with van der Waals surface area (Å²) < 4.78 is 34.1. The Hall–Kier alpha value is -5.48. The number of nitrogens with one attached hydrogen (secondary N) is 3. The monoisotopic (exact) mass is 1020 g/mol. The number of thiazole rings is 1. The van der Waals surface area contributed by atoms with E-state index >= 15 is 4.39 Å². The number of fused-ring (bicyclic) bond motifs is 3. The normalized spacial score (nSPS) is 18.1. The lowest BCUT2D eigenvalue weighted by molar-refractivity contribution is -0.145. The molecule has 0 aliphatic carbocycles. The summed E-state index contributed by atoms with van der Waals surface area (Å²) in [6, 6.07) is 11.7. The van der Waals surface area contributed by atoms with Gasteiger partial charge in [-0.1, -0.05) is 68.8 Å². The maximum atomic E-state index is 15.4. The number of aliphatic hydroxyl groups is 1. The van der Waals surface area contributed by atoms with Gasteiger partial charge in [0.25, 0.3) is 0 Å². The van der Waals surface area contributed by atoms with Crippen LogP contribution in [0.25, 0.3) is 15.4 Å². The van der Waals surface area contributed by atoms with Gasteiger partial charge in [0.2, 0.25) is 23.6 Å². The lowest BCUT2D eigenvalue weighted by Gasteiger charge is -2.35. The van der Waals surface area contributed by atoms with Crippen molar-refractivity contribution in [1.82, 2.24) is 40.6 Å². The number of rotatable bonds is 20. The van der Waals surface area contributed by atoms with Crippen LogP contribution in [-0.2, 0) is 39.9 Å². The summed E-state index contributed by atoms with van der Waals surface area (Å²) in [5.74, 6) is -0.984. The third-order valence-corrected chi connectivity index (χ3v) is 14.5. The number of aryl methyl sites for hydroxylation is 3. The van der Waals surface area contributed by atoms with Gasteiger partial charge in [-0.15, -0.1) is 32.9 Å². The van der Waals surface area contributed by atoms with Crippen molar-refractivity contribution >= 4 is 63.6 Å². The van der Waals surface area contributed by atoms with Crippen molar-refractivity contribution in [3.05, 3.63) is 104 Å². The molecule has 0 radical (unpaired) electrons. The Morgan fingerprint density at radius 3 is 2.24 bits per heavy atom. The summed E-state index contributed by atoms with van der Waals surface area (Å²) in [4.78, 5) is 66.3. The zero-order valence-corrected chi connectivity index (χ0v) is 42.6. The Balaban J connectivity index is 0.806. The fraction of sp³-hybridized carbons (Fsp3) is 0.469. The second-order valence-corrected chi connectivity index (χ2v) is 20.7. The molecular weight excluding hydrogens is 961 g/mol. The van der Waals surface area contributed by atoms with E-state index in [9.17, 15) is 24.3 Å². The number of halogens is 2. The van der Waals surface area contributed by atoms with Crippen LogP contribution in [0.2, 0.25) is 5.02 Å². The average molecular weight is 1020 g/mol. The minimum Gasteiger partial charge on any atom is -0.388 e. The van der Waals surface area contributed by atoms with Gasteiger partial charge >= 0.3 is 0 Å². The molecule has 2 aliphatic heterocycles. The SMILES string of the molecule is Cc1ncsc1-c1ccc(CNC(=O)C2C(F)C(O)CN2C(=O)C(NC(=O)COCCOCCOCCNC(=O)CC2N=C(c3ccc(Cl)cc3)c3c(sc(C)c3C)-n3c(C)nnc32)C(C)(C)C)cc1. The first-order chi connectivity index (χ1) is 33.4. The highest BCUT2D eigenvalue weighted by molar-refractivity contribution is 7.15. The number of thiophene rings is 1. The number of carbonyl (C=O) groups is 4. The van der Waals surface area contributed by atoms with Crippen LogP contribution in [0.15, 0.2) is 59.0 Å². The Morgan fingerprint density at radius 1 is 0.900 bits per heavy atom. The largest absolute Gasteiger partial charge is 0.388 e. The number of hydrogen-bond acceptors (Lipinski definition) is 14. The lowest BCUT2D eigenvalue weighted by Crippen LogP contribution is -2.59. The number of amides is 4. The number of aliphatic imine (C=N–C) groups is 1. The molecule has 7 rings (SSSR count). The zero-order valence-electron chi connectivity index (χ0n) is 40.2. The number of likely N-dealkylation sites (tertiary alicyclic amines) is 1. The third kappa shape index (κ3) is 12.3. The van der Waals surface area contributed by atoms with E-state index in [-0.39, 0.29) is 65.1 Å². The van der Waals surface area contributed by atoms with E-state index in [0.717, 1.165) is 58.9 Å². The van der Waals surface area contributed by atoms with Gasteiger partial charge < -0.3 is 40.2 Å². The predicted octanol–water partition coefficient (Wildman–Crippen LogP) is 5.54. The molecule has 0 bridgehead atoms. The summed E-state index contributed by atoms with van der Waals surface area (Å²) in [6.45, 7) is 13.6. The van der Waals surface area contributed by atoms with Crippen LogP contribution in [0.5, 0.6) is 0 Å². The Morgan fingerprint density at radius 2 is 1.57 bits per heavy atom. The van der Waals surface area contributed by atoms with Gasteiger partial charge in [-0.25, -0.2) is 9.37 Å². The number of aromatic nitrogens is 4. The molecule has 5 atom stereocenters. The Labute approximate surface area is 419 Å². The van der Waals surface area contributed by atoms with E-state index in [1.54, 1.807) is 37.6 Å². The molecule has 17 nitrogen and oxygen atoms in total. The highest BCUT2D eigenvalue weighted by Crippen LogP contribution is 2.40. The minimum absolute atomic E-state index is 0.0457. The second-order valence-electron chi connectivity index (χ2n) is 18.2. The Bertz CT molecular complexity index is 2680. The summed E-state index contributed by atoms with van der Waals surface area (Å²) in [5.41, 5.74) is 7.32. The van der Waals surface area contributed by atoms with Gasteiger partial charge in [0, 0.05) is 34.1 Å². The van der Waals surface area contributed by atoms with Gasteiger partial charge in [0.1, 0.15) is 41.7 Å². The van der Waals surface area contributed by atoms with E-state index in [1.165, 1.54) is 11.3 Å². The molecule has 1 fully saturated rings. The highest BCUT2D eigenvalue weighted by Gasteiger charge is 2.50. The van der Waals surface area contributed by atoms with Crippen molar-refractivity contribution in [1.29, 1.82) is 0 Å². The number of aliphatic hydroxyl groups excluding tert-OH is 1. The van der Waals surface area contributed by atoms with Crippen molar-refractivity contribution in [2.24, 2.45) is 10.4 Å². The predicted molar refractivity (Wildman–Crippen MR) is 265 cm³/mol. The molecule has 4 amide bonds. The van der Waals surface area contributed by atoms with E-state index in [4.69, 9.17) is 30.8 Å². The van der Waals surface area contributed by atoms with Gasteiger partial charge in [-0.3, -0.25) is 28.7 Å². The van der Waals surface area contributed by atoms with Crippen molar-refractivity contribution in [3.8, 4) is 15.4 Å². The van der Waals surface area contributed by atoms with E-state index in [1.807, 2.05) is 66.9 Å². The molecular formula is C49H59ClFN9O8S2. The number of ether oxygens (including phenoxy) is 3. The first kappa shape index (κ1) is 52.3. The van der Waals surface area contributed by atoms with Gasteiger partial charge in [0.05, 0.1) is 67.8 Å². The first-order valence-corrected chi connectivity index (χ1v) is 25.1. The molecule has 374 valence electrons. The van der Waals surface area contributed by atoms with E-state index < -0.39 is 60.1 Å². The highest BCUT2D eigenvalue weighted by atomic mass is 35.5. The maximum Gasteiger partial charge on any atom is 0.246 e. The van der Waals surface area contributed by atoms with Crippen LogP contribution in [0.3, 0.4) is 0 Å². The quantitative estimate of drug-likeness (QED) is 0.0711.